The van der Waals surface area contributed by atoms with Crippen molar-refractivity contribution in [3.63, 3.8) is 0 Å². The van der Waals surface area contributed by atoms with Gasteiger partial charge in [-0.25, -0.2) is 0 Å². The second kappa shape index (κ2) is 22.0. The number of guanidine groups is 4. The molecule has 2 atom stereocenters. The normalized spacial score (nSPS) is 15.2. The Hall–Kier alpha value is -2.52. The first kappa shape index (κ1) is 32.5. The lowest BCUT2D eigenvalue weighted by molar-refractivity contribution is 0.455. The van der Waals surface area contributed by atoms with Crippen LogP contribution in [0.2, 0.25) is 0 Å². The summed E-state index contributed by atoms with van der Waals surface area (Å²) in [6.07, 6.45) is 12.4. The van der Waals surface area contributed by atoms with Crippen molar-refractivity contribution in [3.8, 4) is 0 Å². The van der Waals surface area contributed by atoms with E-state index in [0.717, 1.165) is 25.7 Å². The summed E-state index contributed by atoms with van der Waals surface area (Å²) in [4.78, 5) is 17.4. The summed E-state index contributed by atoms with van der Waals surface area (Å²) in [5, 5.41) is 5.72. The number of hydrogen-bond acceptors (Lipinski definition) is 4. The number of nitrogens with two attached hydrogens (primary N) is 4. The van der Waals surface area contributed by atoms with Crippen LogP contribution in [0, 0.1) is 11.8 Å². The monoisotopic (exact) mass is 494 g/mol. The summed E-state index contributed by atoms with van der Waals surface area (Å²) in [6, 6.07) is 0. The zero-order valence-corrected chi connectivity index (χ0v) is 22.9. The summed E-state index contributed by atoms with van der Waals surface area (Å²) < 4.78 is 0. The van der Waals surface area contributed by atoms with Crippen molar-refractivity contribution in [3.05, 3.63) is 0 Å². The molecule has 0 aliphatic heterocycles. The Kier molecular flexibility index (Phi) is 20.4. The van der Waals surface area contributed by atoms with E-state index in [1.807, 2.05) is 0 Å². The lowest BCUT2D eigenvalue weighted by atomic mass is 9.99. The van der Waals surface area contributed by atoms with Gasteiger partial charge in [0.2, 0.25) is 0 Å². The van der Waals surface area contributed by atoms with Crippen molar-refractivity contribution >= 4 is 23.8 Å². The lowest BCUT2D eigenvalue weighted by Crippen LogP contribution is -2.42. The second-order valence-electron chi connectivity index (χ2n) is 9.13. The van der Waals surface area contributed by atoms with Gasteiger partial charge >= 0.3 is 0 Å². The topological polar surface area (TPSA) is 178 Å². The molecule has 0 rings (SSSR count). The van der Waals surface area contributed by atoms with Crippen LogP contribution < -0.4 is 33.6 Å². The van der Waals surface area contributed by atoms with Gasteiger partial charge in [0.25, 0.3) is 0 Å². The number of rotatable bonds is 18. The minimum Gasteiger partial charge on any atom is -0.370 e. The maximum Gasteiger partial charge on any atom is 0.195 e. The van der Waals surface area contributed by atoms with E-state index in [4.69, 9.17) is 22.9 Å². The standard InChI is InChI=1S/C25H54N10/c1-5-9-11-15-21(8-4)19-33-25(29)35-23(27)31-17-13-12-16-30-22(26)34-24(28)32-18-20(7-3)14-10-6-2/h20-21H,5-19H2,1-4H3,(H5,26,28,30,32,34)(H5,27,29,31,33,35). The van der Waals surface area contributed by atoms with Gasteiger partial charge in [0, 0.05) is 26.2 Å². The highest BCUT2D eigenvalue weighted by Gasteiger charge is 2.06. The van der Waals surface area contributed by atoms with Gasteiger partial charge < -0.3 is 22.9 Å². The van der Waals surface area contributed by atoms with Crippen LogP contribution in [-0.2, 0) is 0 Å². The highest BCUT2D eigenvalue weighted by Crippen LogP contribution is 2.14. The maximum absolute atomic E-state index is 5.94. The summed E-state index contributed by atoms with van der Waals surface area (Å²) in [5.41, 5.74) is 23.7. The molecule has 0 radical (unpaired) electrons. The molecule has 35 heavy (non-hydrogen) atoms. The number of nitrogens with zero attached hydrogens (tertiary/aromatic N) is 4. The van der Waals surface area contributed by atoms with Crippen LogP contribution in [0.3, 0.4) is 0 Å². The number of aliphatic imine (C=N–C) groups is 4. The smallest absolute Gasteiger partial charge is 0.195 e. The third-order valence-corrected chi connectivity index (χ3v) is 6.02. The molecular weight excluding hydrogens is 440 g/mol. The van der Waals surface area contributed by atoms with Crippen LogP contribution in [0.1, 0.15) is 98.3 Å². The molecule has 0 aliphatic carbocycles. The largest absolute Gasteiger partial charge is 0.370 e. The molecule has 204 valence electrons. The first-order valence-corrected chi connectivity index (χ1v) is 13.6. The van der Waals surface area contributed by atoms with Crippen LogP contribution in [0.15, 0.2) is 20.0 Å². The average molecular weight is 495 g/mol. The molecule has 0 saturated carbocycles. The van der Waals surface area contributed by atoms with E-state index in [-0.39, 0.29) is 11.9 Å². The maximum atomic E-state index is 5.94. The highest BCUT2D eigenvalue weighted by atomic mass is 15.2. The Balaban J connectivity index is 4.19. The van der Waals surface area contributed by atoms with E-state index in [0.29, 0.717) is 49.9 Å². The lowest BCUT2D eigenvalue weighted by Gasteiger charge is -2.12. The van der Waals surface area contributed by atoms with Crippen molar-refractivity contribution in [2.75, 3.05) is 26.2 Å². The minimum atomic E-state index is 0.279. The molecule has 2 unspecified atom stereocenters. The van der Waals surface area contributed by atoms with Crippen molar-refractivity contribution in [2.45, 2.75) is 98.3 Å². The number of unbranched alkanes of at least 4 members (excludes halogenated alkanes) is 4. The number of hydrogen-bond donors (Lipinski definition) is 6. The molecule has 10 heteroatoms. The molecule has 0 aromatic carbocycles. The Morgan fingerprint density at radius 2 is 0.943 bits per heavy atom. The van der Waals surface area contributed by atoms with Crippen LogP contribution >= 0.6 is 0 Å². The predicted molar refractivity (Wildman–Crippen MR) is 153 cm³/mol. The van der Waals surface area contributed by atoms with Gasteiger partial charge in [-0.1, -0.05) is 72.6 Å². The molecule has 0 saturated heterocycles. The van der Waals surface area contributed by atoms with Gasteiger partial charge in [0.1, 0.15) is 0 Å². The molecule has 0 spiro atoms. The molecule has 0 aromatic rings. The summed E-state index contributed by atoms with van der Waals surface area (Å²) in [6.45, 7) is 11.4. The minimum absolute atomic E-state index is 0.279. The van der Waals surface area contributed by atoms with Crippen molar-refractivity contribution in [2.24, 2.45) is 54.7 Å². The van der Waals surface area contributed by atoms with Gasteiger partial charge in [-0.05, 0) is 37.5 Å². The van der Waals surface area contributed by atoms with Crippen molar-refractivity contribution < 1.29 is 0 Å². The van der Waals surface area contributed by atoms with Crippen LogP contribution in [0.5, 0.6) is 0 Å². The molecular formula is C25H54N10. The SMILES string of the molecule is CCCCCC(CC)CN=C(N)NC(N)=NCCCCN=C(N)NC(N)=NCC(CC)CCCC. The zero-order valence-electron chi connectivity index (χ0n) is 22.9. The first-order valence-electron chi connectivity index (χ1n) is 13.6. The van der Waals surface area contributed by atoms with E-state index < -0.39 is 0 Å². The van der Waals surface area contributed by atoms with Gasteiger partial charge in [0.15, 0.2) is 23.8 Å². The van der Waals surface area contributed by atoms with Gasteiger partial charge in [-0.3, -0.25) is 30.6 Å². The van der Waals surface area contributed by atoms with Gasteiger partial charge in [0.05, 0.1) is 0 Å². The van der Waals surface area contributed by atoms with E-state index >= 15 is 0 Å². The van der Waals surface area contributed by atoms with Gasteiger partial charge in [-0.2, -0.15) is 0 Å². The number of nitrogens with one attached hydrogen (secondary N) is 2. The third kappa shape index (κ3) is 19.5. The quantitative estimate of drug-likeness (QED) is 0.0968. The molecule has 0 aliphatic rings. The molecule has 0 bridgehead atoms. The fourth-order valence-electron chi connectivity index (χ4n) is 3.52. The van der Waals surface area contributed by atoms with Crippen molar-refractivity contribution in [1.82, 2.24) is 10.6 Å². The van der Waals surface area contributed by atoms with Crippen LogP contribution in [0.25, 0.3) is 0 Å². The Morgan fingerprint density at radius 3 is 1.34 bits per heavy atom. The van der Waals surface area contributed by atoms with Crippen molar-refractivity contribution in [1.29, 1.82) is 0 Å². The highest BCUT2D eigenvalue weighted by molar-refractivity contribution is 5.97. The molecule has 0 fully saturated rings. The van der Waals surface area contributed by atoms with Gasteiger partial charge in [-0.15, -0.1) is 0 Å². The van der Waals surface area contributed by atoms with E-state index in [1.54, 1.807) is 0 Å². The Labute approximate surface area is 214 Å². The Morgan fingerprint density at radius 1 is 0.543 bits per heavy atom. The van der Waals surface area contributed by atoms with Crippen LogP contribution in [-0.4, -0.2) is 50.0 Å². The summed E-state index contributed by atoms with van der Waals surface area (Å²) in [5.74, 6) is 2.31. The molecule has 10 N–H and O–H groups in total. The van der Waals surface area contributed by atoms with Crippen LogP contribution in [0.4, 0.5) is 0 Å². The predicted octanol–water partition coefficient (Wildman–Crippen LogP) is 3.03. The fraction of sp³-hybridized carbons (Fsp3) is 0.840. The second-order valence-corrected chi connectivity index (χ2v) is 9.13. The fourth-order valence-corrected chi connectivity index (χ4v) is 3.52. The average Bonchev–Trinajstić information content (AvgIpc) is 2.83. The first-order chi connectivity index (χ1) is 16.9. The molecule has 10 nitrogen and oxygen atoms in total. The summed E-state index contributed by atoms with van der Waals surface area (Å²) in [7, 11) is 0. The Bertz CT molecular complexity index is 642. The molecule has 0 heterocycles. The van der Waals surface area contributed by atoms with E-state index in [1.165, 1.54) is 44.9 Å². The third-order valence-electron chi connectivity index (χ3n) is 6.02. The van der Waals surface area contributed by atoms with E-state index in [9.17, 15) is 0 Å². The molecule has 0 amide bonds. The zero-order chi connectivity index (χ0) is 26.3. The summed E-state index contributed by atoms with van der Waals surface area (Å²) >= 11 is 0. The van der Waals surface area contributed by atoms with E-state index in [2.05, 4.69) is 58.3 Å². The molecule has 0 aromatic heterocycles.